The fraction of sp³-hybridized carbons (Fsp3) is 0.875. The molecule has 0 aromatic heterocycles. The van der Waals surface area contributed by atoms with Crippen molar-refractivity contribution in [1.82, 2.24) is 0 Å². The average molecular weight is 243 g/mol. The highest BCUT2D eigenvalue weighted by atomic mass is 32.2. The first-order valence-electron chi connectivity index (χ1n) is 4.39. The minimum absolute atomic E-state index is 0.294. The molecule has 0 aliphatic heterocycles. The van der Waals surface area contributed by atoms with Crippen LogP contribution >= 0.6 is 0 Å². The van der Waals surface area contributed by atoms with E-state index in [1.165, 1.54) is 0 Å². The van der Waals surface area contributed by atoms with Crippen LogP contribution in [0.15, 0.2) is 0 Å². The quantitative estimate of drug-likeness (QED) is 0.741. The standard InChI is InChI=1S/C8H12F3NO2S/c1-2-3-4-15(13,14)6-7(5-12)8(9,10)11/h7H,2-4,6H2,1H3. The lowest BCUT2D eigenvalue weighted by Gasteiger charge is -2.12. The molecule has 0 aliphatic carbocycles. The predicted molar refractivity (Wildman–Crippen MR) is 48.7 cm³/mol. The monoisotopic (exact) mass is 243 g/mol. The summed E-state index contributed by atoms with van der Waals surface area (Å²) in [6.07, 6.45) is -3.87. The molecule has 0 rings (SSSR count). The van der Waals surface area contributed by atoms with Crippen LogP contribution in [0.2, 0.25) is 0 Å². The molecule has 0 aromatic carbocycles. The molecule has 3 nitrogen and oxygen atoms in total. The smallest absolute Gasteiger partial charge is 0.229 e. The minimum Gasteiger partial charge on any atom is -0.229 e. The number of nitriles is 1. The van der Waals surface area contributed by atoms with Gasteiger partial charge in [-0.1, -0.05) is 13.3 Å². The number of alkyl halides is 3. The van der Waals surface area contributed by atoms with Crippen LogP contribution in [0.5, 0.6) is 0 Å². The first-order valence-corrected chi connectivity index (χ1v) is 6.22. The highest BCUT2D eigenvalue weighted by Crippen LogP contribution is 2.27. The van der Waals surface area contributed by atoms with Crippen LogP contribution in [0.25, 0.3) is 0 Å². The molecule has 0 amide bonds. The number of unbranched alkanes of at least 4 members (excludes halogenated alkanes) is 1. The van der Waals surface area contributed by atoms with Crippen molar-refractivity contribution in [3.8, 4) is 6.07 Å². The fourth-order valence-corrected chi connectivity index (χ4v) is 2.57. The van der Waals surface area contributed by atoms with Crippen molar-refractivity contribution < 1.29 is 21.6 Å². The second-order valence-electron chi connectivity index (χ2n) is 3.19. The molecule has 0 saturated carbocycles. The summed E-state index contributed by atoms with van der Waals surface area (Å²) in [6, 6.07) is 0.970. The molecular formula is C8H12F3NO2S. The number of rotatable bonds is 5. The number of hydrogen-bond acceptors (Lipinski definition) is 3. The van der Waals surface area contributed by atoms with Crippen LogP contribution in [-0.4, -0.2) is 26.1 Å². The second-order valence-corrected chi connectivity index (χ2v) is 5.42. The Morgan fingerprint density at radius 3 is 2.27 bits per heavy atom. The summed E-state index contributed by atoms with van der Waals surface area (Å²) in [5.74, 6) is -3.84. The lowest BCUT2D eigenvalue weighted by molar-refractivity contribution is -0.153. The van der Waals surface area contributed by atoms with Crippen LogP contribution in [0, 0.1) is 17.2 Å². The van der Waals surface area contributed by atoms with E-state index in [1.807, 2.05) is 0 Å². The van der Waals surface area contributed by atoms with Gasteiger partial charge in [-0.25, -0.2) is 8.42 Å². The molecule has 15 heavy (non-hydrogen) atoms. The van der Waals surface area contributed by atoms with Crippen LogP contribution < -0.4 is 0 Å². The van der Waals surface area contributed by atoms with Gasteiger partial charge in [-0.05, 0) is 6.42 Å². The molecule has 0 heterocycles. The van der Waals surface area contributed by atoms with Crippen molar-refractivity contribution in [3.05, 3.63) is 0 Å². The van der Waals surface area contributed by atoms with E-state index in [9.17, 15) is 21.6 Å². The van der Waals surface area contributed by atoms with Crippen molar-refractivity contribution in [3.63, 3.8) is 0 Å². The topological polar surface area (TPSA) is 57.9 Å². The zero-order chi connectivity index (χ0) is 12.1. The van der Waals surface area contributed by atoms with Gasteiger partial charge in [-0.15, -0.1) is 0 Å². The molecule has 0 aromatic rings. The Morgan fingerprint density at radius 1 is 1.40 bits per heavy atom. The van der Waals surface area contributed by atoms with Gasteiger partial charge in [-0.3, -0.25) is 0 Å². The molecule has 7 heteroatoms. The van der Waals surface area contributed by atoms with Gasteiger partial charge in [0, 0.05) is 0 Å². The summed E-state index contributed by atoms with van der Waals surface area (Å²) < 4.78 is 58.6. The minimum atomic E-state index is -4.77. The summed E-state index contributed by atoms with van der Waals surface area (Å²) in [5.41, 5.74) is 0. The molecule has 0 bridgehead atoms. The Kier molecular flexibility index (Phi) is 5.08. The molecule has 0 spiro atoms. The first kappa shape index (κ1) is 14.2. The van der Waals surface area contributed by atoms with E-state index < -0.39 is 27.7 Å². The molecule has 0 aliphatic rings. The van der Waals surface area contributed by atoms with Crippen molar-refractivity contribution in [2.75, 3.05) is 11.5 Å². The molecule has 0 saturated heterocycles. The fourth-order valence-electron chi connectivity index (χ4n) is 0.906. The normalized spacial score (nSPS) is 14.6. The maximum absolute atomic E-state index is 12.1. The van der Waals surface area contributed by atoms with Crippen molar-refractivity contribution in [2.24, 2.45) is 5.92 Å². The van der Waals surface area contributed by atoms with Gasteiger partial charge in [0.25, 0.3) is 0 Å². The van der Waals surface area contributed by atoms with Crippen molar-refractivity contribution >= 4 is 9.84 Å². The van der Waals surface area contributed by atoms with E-state index >= 15 is 0 Å². The predicted octanol–water partition coefficient (Wildman–Crippen LogP) is 1.90. The lowest BCUT2D eigenvalue weighted by atomic mass is 10.2. The molecule has 1 unspecified atom stereocenters. The number of nitrogens with zero attached hydrogens (tertiary/aromatic N) is 1. The van der Waals surface area contributed by atoms with Gasteiger partial charge in [0.15, 0.2) is 15.8 Å². The Labute approximate surface area is 86.8 Å². The van der Waals surface area contributed by atoms with E-state index in [1.54, 1.807) is 6.92 Å². The SMILES string of the molecule is CCCCS(=O)(=O)CC(C#N)C(F)(F)F. The summed E-state index contributed by atoms with van der Waals surface area (Å²) in [7, 11) is -3.78. The Balaban J connectivity index is 4.51. The molecule has 0 fully saturated rings. The first-order chi connectivity index (χ1) is 6.73. The van der Waals surface area contributed by atoms with Gasteiger partial charge in [0.05, 0.1) is 17.6 Å². The summed E-state index contributed by atoms with van der Waals surface area (Å²) in [4.78, 5) is 0. The van der Waals surface area contributed by atoms with Crippen LogP contribution in [0.4, 0.5) is 13.2 Å². The maximum Gasteiger partial charge on any atom is 0.405 e. The third kappa shape index (κ3) is 5.62. The molecule has 0 N–H and O–H groups in total. The van der Waals surface area contributed by atoms with Crippen LogP contribution in [-0.2, 0) is 9.84 Å². The van der Waals surface area contributed by atoms with Gasteiger partial charge in [0.1, 0.15) is 0 Å². The maximum atomic E-state index is 12.1. The largest absolute Gasteiger partial charge is 0.405 e. The Hall–Kier alpha value is -0.770. The number of sulfone groups is 1. The summed E-state index contributed by atoms with van der Waals surface area (Å²) in [6.45, 7) is 1.74. The van der Waals surface area contributed by atoms with Crippen molar-refractivity contribution in [2.45, 2.75) is 25.9 Å². The third-order valence-electron chi connectivity index (χ3n) is 1.78. The number of halogens is 3. The van der Waals surface area contributed by atoms with Crippen LogP contribution in [0.3, 0.4) is 0 Å². The third-order valence-corrected chi connectivity index (χ3v) is 3.53. The molecule has 0 radical (unpaired) electrons. The second kappa shape index (κ2) is 5.35. The summed E-state index contributed by atoms with van der Waals surface area (Å²) >= 11 is 0. The summed E-state index contributed by atoms with van der Waals surface area (Å²) in [5, 5.41) is 8.22. The van der Waals surface area contributed by atoms with Crippen LogP contribution in [0.1, 0.15) is 19.8 Å². The molecule has 88 valence electrons. The zero-order valence-corrected chi connectivity index (χ0v) is 9.03. The zero-order valence-electron chi connectivity index (χ0n) is 8.21. The Bertz CT molecular complexity index is 329. The number of hydrogen-bond donors (Lipinski definition) is 0. The van der Waals surface area contributed by atoms with E-state index in [0.717, 1.165) is 6.07 Å². The average Bonchev–Trinajstić information content (AvgIpc) is 2.09. The van der Waals surface area contributed by atoms with E-state index in [4.69, 9.17) is 5.26 Å². The van der Waals surface area contributed by atoms with Gasteiger partial charge >= 0.3 is 6.18 Å². The highest BCUT2D eigenvalue weighted by molar-refractivity contribution is 7.91. The Morgan fingerprint density at radius 2 is 1.93 bits per heavy atom. The van der Waals surface area contributed by atoms with E-state index in [-0.39, 0.29) is 5.75 Å². The van der Waals surface area contributed by atoms with E-state index in [2.05, 4.69) is 0 Å². The lowest BCUT2D eigenvalue weighted by Crippen LogP contribution is -2.29. The molecule has 1 atom stereocenters. The van der Waals surface area contributed by atoms with Gasteiger partial charge < -0.3 is 0 Å². The highest BCUT2D eigenvalue weighted by Gasteiger charge is 2.42. The van der Waals surface area contributed by atoms with E-state index in [0.29, 0.717) is 12.8 Å². The van der Waals surface area contributed by atoms with Gasteiger partial charge in [-0.2, -0.15) is 18.4 Å². The molecular weight excluding hydrogens is 231 g/mol. The van der Waals surface area contributed by atoms with Gasteiger partial charge in [0.2, 0.25) is 0 Å². The van der Waals surface area contributed by atoms with Crippen molar-refractivity contribution in [1.29, 1.82) is 5.26 Å².